The molecule has 0 unspecified atom stereocenters. The van der Waals surface area contributed by atoms with Crippen molar-refractivity contribution < 1.29 is 18.7 Å². The zero-order chi connectivity index (χ0) is 18.1. The van der Waals surface area contributed by atoms with Crippen molar-refractivity contribution in [1.82, 2.24) is 20.1 Å². The van der Waals surface area contributed by atoms with Crippen LogP contribution in [0.3, 0.4) is 0 Å². The van der Waals surface area contributed by atoms with Crippen LogP contribution in [0.15, 0.2) is 30.5 Å². The normalized spacial score (nSPS) is 15.3. The number of aromatic nitrogens is 3. The lowest BCUT2D eigenvalue weighted by Crippen LogP contribution is -2.32. The van der Waals surface area contributed by atoms with Gasteiger partial charge in [0.05, 0.1) is 23.9 Å². The topological polar surface area (TPSA) is 80.3 Å². The number of H-pyrrole nitrogens is 1. The van der Waals surface area contributed by atoms with Gasteiger partial charge >= 0.3 is 0 Å². The molecule has 26 heavy (non-hydrogen) atoms. The Balaban J connectivity index is 1.81. The summed E-state index contributed by atoms with van der Waals surface area (Å²) in [5.41, 5.74) is 1.37. The molecule has 0 spiro atoms. The van der Waals surface area contributed by atoms with Crippen molar-refractivity contribution in [2.45, 2.75) is 6.42 Å². The largest absolute Gasteiger partial charge is 0.494 e. The molecule has 4 rings (SSSR count). The third-order valence-electron chi connectivity index (χ3n) is 4.30. The number of carbonyl (C=O) groups excluding carboxylic acids is 1. The van der Waals surface area contributed by atoms with E-state index in [0.717, 1.165) is 10.9 Å². The number of ether oxygens (including phenoxy) is 2. The Morgan fingerprint density at radius 3 is 3.00 bits per heavy atom. The van der Waals surface area contributed by atoms with Crippen LogP contribution in [0.25, 0.3) is 22.2 Å². The molecule has 3 aromatic rings. The highest BCUT2D eigenvalue weighted by atomic mass is 19.1. The Bertz CT molecular complexity index is 972. The minimum atomic E-state index is -0.662. The first kappa shape index (κ1) is 16.3. The molecule has 8 heteroatoms. The van der Waals surface area contributed by atoms with Crippen LogP contribution >= 0.6 is 0 Å². The number of amides is 1. The first-order valence-corrected chi connectivity index (χ1v) is 8.25. The van der Waals surface area contributed by atoms with Gasteiger partial charge in [-0.05, 0) is 30.7 Å². The molecule has 0 aliphatic carbocycles. The number of pyridine rings is 1. The Labute approximate surface area is 148 Å². The van der Waals surface area contributed by atoms with E-state index >= 15 is 0 Å². The van der Waals surface area contributed by atoms with Gasteiger partial charge < -0.3 is 14.4 Å². The first-order valence-electron chi connectivity index (χ1n) is 8.25. The minimum Gasteiger partial charge on any atom is -0.494 e. The summed E-state index contributed by atoms with van der Waals surface area (Å²) >= 11 is 0. The fraction of sp³-hybridized carbons (Fsp3) is 0.278. The molecule has 3 heterocycles. The number of hydrogen-bond donors (Lipinski definition) is 1. The van der Waals surface area contributed by atoms with Gasteiger partial charge in [-0.3, -0.25) is 9.89 Å². The molecule has 0 fully saturated rings. The fourth-order valence-electron chi connectivity index (χ4n) is 2.83. The maximum atomic E-state index is 14.3. The van der Waals surface area contributed by atoms with Crippen molar-refractivity contribution in [2.75, 3.05) is 26.8 Å². The second kappa shape index (κ2) is 6.62. The molecule has 0 radical (unpaired) electrons. The number of benzene rings is 1. The summed E-state index contributed by atoms with van der Waals surface area (Å²) in [5, 5.41) is 7.82. The third kappa shape index (κ3) is 3.05. The Morgan fingerprint density at radius 2 is 2.12 bits per heavy atom. The maximum Gasteiger partial charge on any atom is 0.260 e. The Morgan fingerprint density at radius 1 is 1.23 bits per heavy atom. The van der Waals surface area contributed by atoms with Gasteiger partial charge in [0.1, 0.15) is 17.2 Å². The number of hydrogen-bond acceptors (Lipinski definition) is 5. The highest BCUT2D eigenvalue weighted by Crippen LogP contribution is 2.32. The second-order valence-corrected chi connectivity index (χ2v) is 6.09. The molecule has 1 aromatic carbocycles. The van der Waals surface area contributed by atoms with Gasteiger partial charge in [0.15, 0.2) is 6.61 Å². The smallest absolute Gasteiger partial charge is 0.260 e. The quantitative estimate of drug-likeness (QED) is 0.626. The van der Waals surface area contributed by atoms with Gasteiger partial charge in [-0.25, -0.2) is 4.98 Å². The summed E-state index contributed by atoms with van der Waals surface area (Å²) in [4.78, 5) is 17.4. The number of carbonyl (C=O) groups is 1. The van der Waals surface area contributed by atoms with Crippen LogP contribution in [-0.4, -0.2) is 52.8 Å². The van der Waals surface area contributed by atoms with Crippen LogP contribution in [-0.2, 0) is 4.79 Å². The van der Waals surface area contributed by atoms with Crippen molar-refractivity contribution in [2.24, 2.45) is 0 Å². The minimum absolute atomic E-state index is 0.145. The molecule has 1 aliphatic heterocycles. The lowest BCUT2D eigenvalue weighted by atomic mass is 10.1. The average Bonchev–Trinajstić information content (AvgIpc) is 3.06. The van der Waals surface area contributed by atoms with Crippen LogP contribution in [0, 0.1) is 5.95 Å². The van der Waals surface area contributed by atoms with Gasteiger partial charge in [0, 0.05) is 19.0 Å². The number of fused-ring (bicyclic) bond motifs is 4. The van der Waals surface area contributed by atoms with Crippen LogP contribution in [0.1, 0.15) is 6.42 Å². The molecule has 1 amide bonds. The average molecular weight is 356 g/mol. The lowest BCUT2D eigenvalue weighted by Gasteiger charge is -2.17. The molecule has 7 nitrogen and oxygen atoms in total. The van der Waals surface area contributed by atoms with Gasteiger partial charge in [0.2, 0.25) is 5.95 Å². The van der Waals surface area contributed by atoms with E-state index in [9.17, 15) is 9.18 Å². The molecule has 2 aromatic heterocycles. The molecule has 4 bridgehead atoms. The van der Waals surface area contributed by atoms with E-state index in [1.54, 1.807) is 11.9 Å². The van der Waals surface area contributed by atoms with E-state index in [1.807, 2.05) is 18.2 Å². The first-order chi connectivity index (χ1) is 12.6. The summed E-state index contributed by atoms with van der Waals surface area (Å²) in [6, 6.07) is 6.97. The predicted molar refractivity (Wildman–Crippen MR) is 92.5 cm³/mol. The summed E-state index contributed by atoms with van der Waals surface area (Å²) in [6.45, 7) is 0.864. The molecule has 1 aliphatic rings. The van der Waals surface area contributed by atoms with E-state index < -0.39 is 5.95 Å². The number of likely N-dealkylation sites (N-methyl/N-ethyl adjacent to an activating group) is 1. The number of nitrogens with one attached hydrogen (secondary N) is 1. The van der Waals surface area contributed by atoms with Gasteiger partial charge in [-0.1, -0.05) is 0 Å². The standard InChI is InChI=1S/C18H17FN4O3/c1-23-5-2-6-25-11-3-4-15-13(7-11)17(22-21-15)14-8-12(9-20-18(14)19)26-10-16(23)24/h3-4,7-9H,2,5-6,10H2,1H3,(H,21,22). The van der Waals surface area contributed by atoms with Crippen molar-refractivity contribution >= 4 is 16.8 Å². The molecule has 0 saturated heterocycles. The lowest BCUT2D eigenvalue weighted by molar-refractivity contribution is -0.132. The zero-order valence-electron chi connectivity index (χ0n) is 14.2. The number of halogens is 1. The molecule has 0 saturated carbocycles. The van der Waals surface area contributed by atoms with Gasteiger partial charge in [-0.15, -0.1) is 0 Å². The monoisotopic (exact) mass is 356 g/mol. The molecular weight excluding hydrogens is 339 g/mol. The number of nitrogens with zero attached hydrogens (tertiary/aromatic N) is 3. The maximum absolute atomic E-state index is 14.3. The number of rotatable bonds is 0. The van der Waals surface area contributed by atoms with Gasteiger partial charge in [0.25, 0.3) is 5.91 Å². The summed E-state index contributed by atoms with van der Waals surface area (Å²) < 4.78 is 25.6. The highest BCUT2D eigenvalue weighted by molar-refractivity contribution is 5.93. The second-order valence-electron chi connectivity index (χ2n) is 6.09. The van der Waals surface area contributed by atoms with Crippen LogP contribution in [0.5, 0.6) is 11.5 Å². The summed E-state index contributed by atoms with van der Waals surface area (Å²) in [6.07, 6.45) is 1.94. The molecule has 134 valence electrons. The van der Waals surface area contributed by atoms with Crippen molar-refractivity contribution in [3.05, 3.63) is 36.4 Å². The van der Waals surface area contributed by atoms with Crippen molar-refractivity contribution in [1.29, 1.82) is 0 Å². The Kier molecular flexibility index (Phi) is 4.16. The van der Waals surface area contributed by atoms with E-state index in [1.165, 1.54) is 12.3 Å². The number of aromatic amines is 1. The third-order valence-corrected chi connectivity index (χ3v) is 4.30. The van der Waals surface area contributed by atoms with Crippen molar-refractivity contribution in [3.63, 3.8) is 0 Å². The van der Waals surface area contributed by atoms with E-state index in [0.29, 0.717) is 36.8 Å². The van der Waals surface area contributed by atoms with Crippen LogP contribution in [0.2, 0.25) is 0 Å². The molecule has 1 N–H and O–H groups in total. The highest BCUT2D eigenvalue weighted by Gasteiger charge is 2.17. The van der Waals surface area contributed by atoms with E-state index in [4.69, 9.17) is 9.47 Å². The SMILES string of the molecule is CN1CCCOc2ccc3[nH]nc(c3c2)-c2cc(cnc2F)OCC1=O. The summed E-state index contributed by atoms with van der Waals surface area (Å²) in [7, 11) is 1.71. The summed E-state index contributed by atoms with van der Waals surface area (Å²) in [5.74, 6) is 0.129. The molecular formula is C18H17FN4O3. The van der Waals surface area contributed by atoms with Crippen LogP contribution < -0.4 is 9.47 Å². The van der Waals surface area contributed by atoms with Gasteiger partial charge in [-0.2, -0.15) is 9.49 Å². The van der Waals surface area contributed by atoms with E-state index in [-0.39, 0.29) is 18.1 Å². The Hall–Kier alpha value is -3.16. The predicted octanol–water partition coefficient (Wildman–Crippen LogP) is 2.38. The van der Waals surface area contributed by atoms with Crippen molar-refractivity contribution in [3.8, 4) is 22.8 Å². The van der Waals surface area contributed by atoms with Crippen LogP contribution in [0.4, 0.5) is 4.39 Å². The molecule has 0 atom stereocenters. The zero-order valence-corrected chi connectivity index (χ0v) is 14.2. The van der Waals surface area contributed by atoms with E-state index in [2.05, 4.69) is 15.2 Å². The fourth-order valence-corrected chi connectivity index (χ4v) is 2.83.